The summed E-state index contributed by atoms with van der Waals surface area (Å²) in [5, 5.41) is 3.37. The molecule has 5 nitrogen and oxygen atoms in total. The average Bonchev–Trinajstić information content (AvgIpc) is 2.59. The van der Waals surface area contributed by atoms with E-state index in [1.807, 2.05) is 31.2 Å². The molecule has 0 bridgehead atoms. The molecule has 0 fully saturated rings. The number of carbonyl (C=O) groups excluding carboxylic acids is 2. The molecular weight excluding hydrogens is 326 g/mol. The Balaban J connectivity index is 2.00. The molecule has 0 spiro atoms. The zero-order valence-corrected chi connectivity index (χ0v) is 14.5. The van der Waals surface area contributed by atoms with Crippen LogP contribution in [0.25, 0.3) is 0 Å². The first-order valence-corrected chi connectivity index (χ1v) is 8.09. The lowest BCUT2D eigenvalue weighted by molar-refractivity contribution is -0.145. The largest absolute Gasteiger partial charge is 0.341 e. The lowest BCUT2D eigenvalue weighted by Gasteiger charge is -2.21. The third kappa shape index (κ3) is 4.80. The first-order chi connectivity index (χ1) is 11.5. The summed E-state index contributed by atoms with van der Waals surface area (Å²) in [5.74, 6) is -1.20. The van der Waals surface area contributed by atoms with E-state index >= 15 is 0 Å². The zero-order valence-electron chi connectivity index (χ0n) is 13.7. The fraction of sp³-hybridized carbons (Fsp3) is 0.278. The summed E-state index contributed by atoms with van der Waals surface area (Å²) in [4.78, 5) is 29.8. The number of amides is 2. The Bertz CT molecular complexity index is 706. The quantitative estimate of drug-likeness (QED) is 0.847. The van der Waals surface area contributed by atoms with Crippen LogP contribution in [-0.2, 0) is 16.1 Å². The Morgan fingerprint density at radius 2 is 1.96 bits per heavy atom. The third-order valence-electron chi connectivity index (χ3n) is 3.67. The van der Waals surface area contributed by atoms with Crippen LogP contribution in [0.4, 0.5) is 0 Å². The third-order valence-corrected chi connectivity index (χ3v) is 3.91. The van der Waals surface area contributed by atoms with Gasteiger partial charge in [0.15, 0.2) is 0 Å². The second kappa shape index (κ2) is 8.45. The van der Waals surface area contributed by atoms with Gasteiger partial charge in [-0.1, -0.05) is 30.7 Å². The fourth-order valence-corrected chi connectivity index (χ4v) is 2.57. The van der Waals surface area contributed by atoms with Gasteiger partial charge in [0.25, 0.3) is 0 Å². The molecule has 0 saturated carbocycles. The highest BCUT2D eigenvalue weighted by Crippen LogP contribution is 2.20. The number of benzene rings is 1. The predicted octanol–water partition coefficient (Wildman–Crippen LogP) is 2.96. The van der Waals surface area contributed by atoms with E-state index in [-0.39, 0.29) is 6.04 Å². The van der Waals surface area contributed by atoms with Gasteiger partial charge in [-0.15, -0.1) is 0 Å². The zero-order chi connectivity index (χ0) is 17.5. The van der Waals surface area contributed by atoms with Crippen molar-refractivity contribution in [3.63, 3.8) is 0 Å². The van der Waals surface area contributed by atoms with Gasteiger partial charge in [0.1, 0.15) is 0 Å². The first-order valence-electron chi connectivity index (χ1n) is 7.71. The fourth-order valence-electron chi connectivity index (χ4n) is 2.37. The highest BCUT2D eigenvalue weighted by molar-refractivity contribution is 6.35. The molecule has 2 amide bonds. The molecule has 1 atom stereocenters. The number of carbonyl (C=O) groups is 2. The standard InChI is InChI=1S/C18H20ClN3O2/c1-3-16(14-5-4-6-15(19)11-14)21-17(23)18(24)22(2)12-13-7-9-20-10-8-13/h4-11,16H,3,12H2,1-2H3,(H,21,23). The topological polar surface area (TPSA) is 62.3 Å². The van der Waals surface area contributed by atoms with Crippen LogP contribution in [0.5, 0.6) is 0 Å². The van der Waals surface area contributed by atoms with Gasteiger partial charge in [-0.3, -0.25) is 14.6 Å². The summed E-state index contributed by atoms with van der Waals surface area (Å²) in [7, 11) is 1.60. The number of nitrogens with zero attached hydrogens (tertiary/aromatic N) is 2. The molecule has 0 aliphatic rings. The van der Waals surface area contributed by atoms with Crippen molar-refractivity contribution in [1.29, 1.82) is 0 Å². The molecule has 0 aliphatic carbocycles. The van der Waals surface area contributed by atoms with E-state index < -0.39 is 11.8 Å². The summed E-state index contributed by atoms with van der Waals surface area (Å²) in [6.07, 6.45) is 3.97. The van der Waals surface area contributed by atoms with Crippen molar-refractivity contribution in [2.45, 2.75) is 25.9 Å². The van der Waals surface area contributed by atoms with Crippen molar-refractivity contribution < 1.29 is 9.59 Å². The Morgan fingerprint density at radius 3 is 2.58 bits per heavy atom. The van der Waals surface area contributed by atoms with Crippen molar-refractivity contribution in [2.24, 2.45) is 0 Å². The minimum absolute atomic E-state index is 0.255. The molecule has 1 heterocycles. The van der Waals surface area contributed by atoms with E-state index in [1.165, 1.54) is 4.90 Å². The summed E-state index contributed by atoms with van der Waals surface area (Å²) in [5.41, 5.74) is 1.79. The number of aromatic nitrogens is 1. The summed E-state index contributed by atoms with van der Waals surface area (Å²) in [6.45, 7) is 2.29. The van der Waals surface area contributed by atoms with E-state index in [0.29, 0.717) is 18.0 Å². The Kier molecular flexibility index (Phi) is 6.32. The minimum Gasteiger partial charge on any atom is -0.341 e. The highest BCUT2D eigenvalue weighted by Gasteiger charge is 2.22. The van der Waals surface area contributed by atoms with Gasteiger partial charge < -0.3 is 10.2 Å². The van der Waals surface area contributed by atoms with Gasteiger partial charge in [-0.05, 0) is 41.8 Å². The maximum Gasteiger partial charge on any atom is 0.311 e. The smallest absolute Gasteiger partial charge is 0.311 e. The van der Waals surface area contributed by atoms with Gasteiger partial charge in [-0.2, -0.15) is 0 Å². The lowest BCUT2D eigenvalue weighted by Crippen LogP contribution is -2.42. The molecule has 24 heavy (non-hydrogen) atoms. The van der Waals surface area contributed by atoms with E-state index in [9.17, 15) is 9.59 Å². The molecule has 1 unspecified atom stereocenters. The normalized spacial score (nSPS) is 11.6. The van der Waals surface area contributed by atoms with Crippen molar-refractivity contribution >= 4 is 23.4 Å². The van der Waals surface area contributed by atoms with Crippen molar-refractivity contribution in [2.75, 3.05) is 7.05 Å². The molecule has 2 aromatic rings. The Labute approximate surface area is 146 Å². The SMILES string of the molecule is CCC(NC(=O)C(=O)N(C)Cc1ccncc1)c1cccc(Cl)c1. The van der Waals surface area contributed by atoms with Crippen LogP contribution < -0.4 is 5.32 Å². The molecule has 1 N–H and O–H groups in total. The maximum absolute atomic E-state index is 12.3. The van der Waals surface area contributed by atoms with Crippen LogP contribution in [0.15, 0.2) is 48.8 Å². The molecule has 0 aliphatic heterocycles. The second-order valence-electron chi connectivity index (χ2n) is 5.51. The molecular formula is C18H20ClN3O2. The van der Waals surface area contributed by atoms with Gasteiger partial charge in [0.2, 0.25) is 0 Å². The lowest BCUT2D eigenvalue weighted by atomic mass is 10.0. The molecule has 2 rings (SSSR count). The molecule has 1 aromatic carbocycles. The van der Waals surface area contributed by atoms with E-state index in [1.54, 1.807) is 31.6 Å². The van der Waals surface area contributed by atoms with Crippen LogP contribution in [-0.4, -0.2) is 28.7 Å². The number of nitrogens with one attached hydrogen (secondary N) is 1. The van der Waals surface area contributed by atoms with E-state index in [2.05, 4.69) is 10.3 Å². The number of halogens is 1. The molecule has 126 valence electrons. The summed E-state index contributed by atoms with van der Waals surface area (Å²) >= 11 is 5.99. The highest BCUT2D eigenvalue weighted by atomic mass is 35.5. The van der Waals surface area contributed by atoms with Crippen LogP contribution in [0, 0.1) is 0 Å². The number of rotatable bonds is 5. The molecule has 0 radical (unpaired) electrons. The summed E-state index contributed by atoms with van der Waals surface area (Å²) in [6, 6.07) is 10.6. The predicted molar refractivity (Wildman–Crippen MR) is 93.3 cm³/mol. The number of hydrogen-bond donors (Lipinski definition) is 1. The van der Waals surface area contributed by atoms with Gasteiger partial charge in [-0.25, -0.2) is 0 Å². The number of likely N-dealkylation sites (N-methyl/N-ethyl adjacent to an activating group) is 1. The van der Waals surface area contributed by atoms with Crippen LogP contribution in [0.1, 0.15) is 30.5 Å². The Hall–Kier alpha value is -2.40. The first kappa shape index (κ1) is 17.9. The van der Waals surface area contributed by atoms with Gasteiger partial charge in [0.05, 0.1) is 6.04 Å². The van der Waals surface area contributed by atoms with Crippen LogP contribution in [0.3, 0.4) is 0 Å². The molecule has 1 aromatic heterocycles. The number of hydrogen-bond acceptors (Lipinski definition) is 3. The van der Waals surface area contributed by atoms with Gasteiger partial charge in [0, 0.05) is 31.0 Å². The molecule has 6 heteroatoms. The number of pyridine rings is 1. The Morgan fingerprint density at radius 1 is 1.25 bits per heavy atom. The minimum atomic E-state index is -0.626. The summed E-state index contributed by atoms with van der Waals surface area (Å²) < 4.78 is 0. The second-order valence-corrected chi connectivity index (χ2v) is 5.94. The average molecular weight is 346 g/mol. The van der Waals surface area contributed by atoms with E-state index in [0.717, 1.165) is 11.1 Å². The van der Waals surface area contributed by atoms with Crippen LogP contribution >= 0.6 is 11.6 Å². The monoisotopic (exact) mass is 345 g/mol. The van der Waals surface area contributed by atoms with Crippen molar-refractivity contribution in [3.05, 3.63) is 64.9 Å². The van der Waals surface area contributed by atoms with Crippen molar-refractivity contribution in [1.82, 2.24) is 15.2 Å². The van der Waals surface area contributed by atoms with Gasteiger partial charge >= 0.3 is 11.8 Å². The van der Waals surface area contributed by atoms with Crippen LogP contribution in [0.2, 0.25) is 5.02 Å². The van der Waals surface area contributed by atoms with E-state index in [4.69, 9.17) is 11.6 Å². The molecule has 0 saturated heterocycles. The maximum atomic E-state index is 12.3. The van der Waals surface area contributed by atoms with Crippen molar-refractivity contribution in [3.8, 4) is 0 Å².